The standard InChI is InChI=1S/C12H11N3O/c13-12-14-10(8-16-12)7-15-6-5-9-3-1-2-4-11(9)15/h1-6,8H,7H2,(H2,13,14). The Labute approximate surface area is 92.3 Å². The minimum absolute atomic E-state index is 0.214. The van der Waals surface area contributed by atoms with E-state index in [-0.39, 0.29) is 6.01 Å². The smallest absolute Gasteiger partial charge is 0.292 e. The van der Waals surface area contributed by atoms with Gasteiger partial charge in [0.05, 0.1) is 6.54 Å². The number of hydrogen-bond donors (Lipinski definition) is 1. The van der Waals surface area contributed by atoms with E-state index in [0.29, 0.717) is 6.54 Å². The van der Waals surface area contributed by atoms with Crippen molar-refractivity contribution in [1.82, 2.24) is 9.55 Å². The minimum Gasteiger partial charge on any atom is -0.432 e. The van der Waals surface area contributed by atoms with Crippen LogP contribution in [0.4, 0.5) is 6.01 Å². The lowest BCUT2D eigenvalue weighted by molar-refractivity contribution is 0.577. The van der Waals surface area contributed by atoms with Crippen molar-refractivity contribution in [3.8, 4) is 0 Å². The van der Waals surface area contributed by atoms with E-state index >= 15 is 0 Å². The van der Waals surface area contributed by atoms with Gasteiger partial charge in [0.1, 0.15) is 12.0 Å². The SMILES string of the molecule is Nc1nc(Cn2ccc3ccccc32)co1. The molecule has 4 nitrogen and oxygen atoms in total. The predicted molar refractivity (Wildman–Crippen MR) is 62.0 cm³/mol. The molecule has 0 unspecified atom stereocenters. The summed E-state index contributed by atoms with van der Waals surface area (Å²) >= 11 is 0. The molecule has 2 aromatic heterocycles. The number of hydrogen-bond acceptors (Lipinski definition) is 3. The van der Waals surface area contributed by atoms with Crippen LogP contribution in [0.3, 0.4) is 0 Å². The van der Waals surface area contributed by atoms with Crippen LogP contribution in [0.2, 0.25) is 0 Å². The van der Waals surface area contributed by atoms with Crippen LogP contribution in [-0.2, 0) is 6.54 Å². The van der Waals surface area contributed by atoms with Crippen LogP contribution in [0, 0.1) is 0 Å². The number of para-hydroxylation sites is 1. The topological polar surface area (TPSA) is 57.0 Å². The molecule has 0 aliphatic heterocycles. The van der Waals surface area contributed by atoms with Gasteiger partial charge in [0.15, 0.2) is 0 Å². The third-order valence-electron chi connectivity index (χ3n) is 2.58. The van der Waals surface area contributed by atoms with E-state index in [9.17, 15) is 0 Å². The number of benzene rings is 1. The van der Waals surface area contributed by atoms with Crippen LogP contribution in [0.25, 0.3) is 10.9 Å². The van der Waals surface area contributed by atoms with E-state index < -0.39 is 0 Å². The van der Waals surface area contributed by atoms with Gasteiger partial charge in [-0.1, -0.05) is 18.2 Å². The second kappa shape index (κ2) is 3.41. The number of nitrogens with two attached hydrogens (primary N) is 1. The Morgan fingerprint density at radius 1 is 1.25 bits per heavy atom. The van der Waals surface area contributed by atoms with Gasteiger partial charge >= 0.3 is 0 Å². The Hall–Kier alpha value is -2.23. The van der Waals surface area contributed by atoms with Gasteiger partial charge in [-0.15, -0.1) is 0 Å². The van der Waals surface area contributed by atoms with Crippen molar-refractivity contribution in [2.45, 2.75) is 6.54 Å². The third-order valence-corrected chi connectivity index (χ3v) is 2.58. The number of nitrogens with zero attached hydrogens (tertiary/aromatic N) is 2. The molecule has 4 heteroatoms. The van der Waals surface area contributed by atoms with Crippen molar-refractivity contribution in [1.29, 1.82) is 0 Å². The van der Waals surface area contributed by atoms with Crippen molar-refractivity contribution < 1.29 is 4.42 Å². The van der Waals surface area contributed by atoms with Crippen LogP contribution in [0.15, 0.2) is 47.2 Å². The van der Waals surface area contributed by atoms with E-state index in [2.05, 4.69) is 27.8 Å². The maximum Gasteiger partial charge on any atom is 0.292 e. The minimum atomic E-state index is 0.214. The van der Waals surface area contributed by atoms with Gasteiger partial charge < -0.3 is 14.7 Å². The molecule has 3 rings (SSSR count). The second-order valence-electron chi connectivity index (χ2n) is 3.68. The van der Waals surface area contributed by atoms with E-state index in [1.807, 2.05) is 18.3 Å². The number of oxazole rings is 1. The van der Waals surface area contributed by atoms with Crippen molar-refractivity contribution >= 4 is 16.9 Å². The van der Waals surface area contributed by atoms with Crippen LogP contribution >= 0.6 is 0 Å². The average molecular weight is 213 g/mol. The number of anilines is 1. The zero-order valence-electron chi connectivity index (χ0n) is 8.63. The molecule has 2 N–H and O–H groups in total. The van der Waals surface area contributed by atoms with Crippen LogP contribution in [-0.4, -0.2) is 9.55 Å². The van der Waals surface area contributed by atoms with Gasteiger partial charge in [-0.05, 0) is 17.5 Å². The summed E-state index contributed by atoms with van der Waals surface area (Å²) in [5.74, 6) is 0. The first-order valence-electron chi connectivity index (χ1n) is 5.07. The van der Waals surface area contributed by atoms with Gasteiger partial charge in [0, 0.05) is 11.7 Å². The van der Waals surface area contributed by atoms with Gasteiger partial charge in [-0.3, -0.25) is 0 Å². The van der Waals surface area contributed by atoms with Crippen LogP contribution in [0.5, 0.6) is 0 Å². The molecular weight excluding hydrogens is 202 g/mol. The second-order valence-corrected chi connectivity index (χ2v) is 3.68. The number of aromatic nitrogens is 2. The molecule has 16 heavy (non-hydrogen) atoms. The molecule has 0 spiro atoms. The van der Waals surface area contributed by atoms with Gasteiger partial charge in [0.25, 0.3) is 6.01 Å². The first kappa shape index (κ1) is 9.03. The number of nitrogen functional groups attached to an aromatic ring is 1. The fraction of sp³-hybridized carbons (Fsp3) is 0.0833. The molecule has 3 aromatic rings. The Morgan fingerprint density at radius 2 is 2.12 bits per heavy atom. The predicted octanol–water partition coefficient (Wildman–Crippen LogP) is 2.26. The molecular formula is C12H11N3O. The summed E-state index contributed by atoms with van der Waals surface area (Å²) in [6.45, 7) is 0.675. The number of fused-ring (bicyclic) bond motifs is 1. The highest BCUT2D eigenvalue weighted by Gasteiger charge is 2.04. The first-order chi connectivity index (χ1) is 7.83. The lowest BCUT2D eigenvalue weighted by atomic mass is 10.2. The zero-order chi connectivity index (χ0) is 11.0. The Kier molecular flexibility index (Phi) is 1.93. The lowest BCUT2D eigenvalue weighted by Gasteiger charge is -2.01. The van der Waals surface area contributed by atoms with Crippen molar-refractivity contribution in [2.24, 2.45) is 0 Å². The monoisotopic (exact) mass is 213 g/mol. The summed E-state index contributed by atoms with van der Waals surface area (Å²) in [4.78, 5) is 4.08. The highest BCUT2D eigenvalue weighted by molar-refractivity contribution is 5.79. The number of rotatable bonds is 2. The third kappa shape index (κ3) is 1.44. The van der Waals surface area contributed by atoms with Crippen molar-refractivity contribution in [3.05, 3.63) is 48.5 Å². The Balaban J connectivity index is 2.00. The van der Waals surface area contributed by atoms with E-state index in [0.717, 1.165) is 5.69 Å². The zero-order valence-corrected chi connectivity index (χ0v) is 8.63. The van der Waals surface area contributed by atoms with Gasteiger partial charge in [-0.2, -0.15) is 4.98 Å². The molecule has 0 aliphatic rings. The summed E-state index contributed by atoms with van der Waals surface area (Å²) < 4.78 is 7.10. The Morgan fingerprint density at radius 3 is 2.94 bits per heavy atom. The highest BCUT2D eigenvalue weighted by atomic mass is 16.4. The van der Waals surface area contributed by atoms with Crippen molar-refractivity contribution in [2.75, 3.05) is 5.73 Å². The highest BCUT2D eigenvalue weighted by Crippen LogP contribution is 2.16. The molecule has 1 aromatic carbocycles. The molecule has 0 fully saturated rings. The molecule has 80 valence electrons. The van der Waals surface area contributed by atoms with Gasteiger partial charge in [-0.25, -0.2) is 0 Å². The van der Waals surface area contributed by atoms with E-state index in [4.69, 9.17) is 10.2 Å². The molecule has 0 saturated carbocycles. The molecule has 0 atom stereocenters. The summed E-state index contributed by atoms with van der Waals surface area (Å²) in [7, 11) is 0. The van der Waals surface area contributed by atoms with Gasteiger partial charge in [0.2, 0.25) is 0 Å². The maximum absolute atomic E-state index is 5.43. The quantitative estimate of drug-likeness (QED) is 0.710. The largest absolute Gasteiger partial charge is 0.432 e. The molecule has 2 heterocycles. The van der Waals surface area contributed by atoms with E-state index in [1.54, 1.807) is 6.26 Å². The molecule has 0 radical (unpaired) electrons. The molecule has 0 saturated heterocycles. The van der Waals surface area contributed by atoms with Crippen molar-refractivity contribution in [3.63, 3.8) is 0 Å². The first-order valence-corrected chi connectivity index (χ1v) is 5.07. The fourth-order valence-corrected chi connectivity index (χ4v) is 1.85. The van der Waals surface area contributed by atoms with Crippen LogP contribution < -0.4 is 5.73 Å². The molecule has 0 aliphatic carbocycles. The summed E-state index contributed by atoms with van der Waals surface area (Å²) in [6, 6.07) is 10.5. The lowest BCUT2D eigenvalue weighted by Crippen LogP contribution is -1.98. The Bertz CT molecular complexity index is 624. The summed E-state index contributed by atoms with van der Waals surface area (Å²) in [5.41, 5.74) is 7.45. The molecule has 0 bridgehead atoms. The average Bonchev–Trinajstić information content (AvgIpc) is 2.87. The van der Waals surface area contributed by atoms with E-state index in [1.165, 1.54) is 10.9 Å². The summed E-state index contributed by atoms with van der Waals surface area (Å²) in [5, 5.41) is 1.22. The molecule has 0 amide bonds. The normalized spacial score (nSPS) is 11.0. The fourth-order valence-electron chi connectivity index (χ4n) is 1.85. The maximum atomic E-state index is 5.43. The summed E-state index contributed by atoms with van der Waals surface area (Å²) in [6.07, 6.45) is 3.62. The van der Waals surface area contributed by atoms with Crippen LogP contribution in [0.1, 0.15) is 5.69 Å².